The minimum Gasteiger partial charge on any atom is -0.642 e. The van der Waals surface area contributed by atoms with E-state index in [0.717, 1.165) is 5.75 Å². The van der Waals surface area contributed by atoms with Crippen LogP contribution in [0.15, 0.2) is 12.1 Å². The second-order valence-corrected chi connectivity index (χ2v) is 13.1. The third kappa shape index (κ3) is 6.99. The van der Waals surface area contributed by atoms with Crippen LogP contribution >= 0.6 is 0 Å². The molecule has 0 atom stereocenters. The largest absolute Gasteiger partial charge is 0.642 e. The van der Waals surface area contributed by atoms with E-state index in [1.807, 2.05) is 0 Å². The molecule has 0 heterocycles. The maximum absolute atomic E-state index is 6.78. The Labute approximate surface area is 162 Å². The molecule has 0 radical (unpaired) electrons. The number of hydrogen-bond acceptors (Lipinski definition) is 1. The Kier molecular flexibility index (Phi) is 7.68. The van der Waals surface area contributed by atoms with Gasteiger partial charge in [0.05, 0.1) is 5.75 Å². The molecule has 0 saturated heterocycles. The van der Waals surface area contributed by atoms with Crippen molar-refractivity contribution in [2.24, 2.45) is 11.8 Å². The zero-order valence-electron chi connectivity index (χ0n) is 18.7. The van der Waals surface area contributed by atoms with Crippen molar-refractivity contribution in [3.05, 3.63) is 28.8 Å². The van der Waals surface area contributed by atoms with Gasteiger partial charge in [0, 0.05) is 0 Å². The predicted molar refractivity (Wildman–Crippen MR) is 114 cm³/mol. The highest BCUT2D eigenvalue weighted by molar-refractivity contribution is 6.52. The molecule has 0 aliphatic rings. The molecule has 1 aromatic carbocycles. The van der Waals surface area contributed by atoms with Gasteiger partial charge >= 0.3 is 14.5 Å². The van der Waals surface area contributed by atoms with E-state index < -0.39 is 14.5 Å². The van der Waals surface area contributed by atoms with Crippen LogP contribution in [0.5, 0.6) is 5.75 Å². The van der Waals surface area contributed by atoms with E-state index in [1.165, 1.54) is 27.3 Å². The average molecular weight is 361 g/mol. The van der Waals surface area contributed by atoms with Gasteiger partial charge in [-0.3, -0.25) is 0 Å². The van der Waals surface area contributed by atoms with Crippen LogP contribution in [0.3, 0.4) is 0 Å². The molecular weight excluding hydrogens is 319 g/mol. The van der Waals surface area contributed by atoms with Crippen LogP contribution in [-0.2, 0) is 10.8 Å². The van der Waals surface area contributed by atoms with Crippen molar-refractivity contribution in [2.45, 2.75) is 97.6 Å². The van der Waals surface area contributed by atoms with E-state index in [9.17, 15) is 0 Å². The molecule has 0 amide bonds. The molecule has 1 nitrogen and oxygen atoms in total. The second kappa shape index (κ2) is 8.49. The lowest BCUT2D eigenvalue weighted by atomic mass is 9.78. The molecule has 142 valence electrons. The number of rotatable bonds is 6. The van der Waals surface area contributed by atoms with Crippen molar-refractivity contribution in [3.63, 3.8) is 0 Å². The van der Waals surface area contributed by atoms with Gasteiger partial charge in [-0.25, -0.2) is 0 Å². The summed E-state index contributed by atoms with van der Waals surface area (Å²) in [6.45, 7) is 25.4. The molecule has 1 aromatic rings. The Morgan fingerprint density at radius 1 is 0.840 bits per heavy atom. The highest BCUT2D eigenvalue weighted by Crippen LogP contribution is 2.37. The molecule has 0 unspecified atom stereocenters. The van der Waals surface area contributed by atoms with Gasteiger partial charge in [-0.05, 0) is 40.5 Å². The predicted octanol–water partition coefficient (Wildman–Crippen LogP) is 7.27. The van der Waals surface area contributed by atoms with Crippen LogP contribution in [0.2, 0.25) is 10.6 Å². The molecule has 0 aliphatic carbocycles. The van der Waals surface area contributed by atoms with Gasteiger partial charge in [-0.1, -0.05) is 97.7 Å². The average Bonchev–Trinajstić information content (AvgIpc) is 2.36. The first-order chi connectivity index (χ1) is 11.2. The summed E-state index contributed by atoms with van der Waals surface area (Å²) in [6, 6.07) is 4.73. The Balaban J connectivity index is 3.36. The first kappa shape index (κ1) is 22.6. The summed E-state index contributed by atoms with van der Waals surface area (Å²) in [5.41, 5.74) is 4.43. The number of hydrogen-bond donors (Lipinski definition) is 0. The van der Waals surface area contributed by atoms with Crippen molar-refractivity contribution >= 4 is 14.5 Å². The minimum atomic E-state index is -1.25. The van der Waals surface area contributed by atoms with Crippen molar-refractivity contribution < 1.29 is 3.79 Å². The van der Waals surface area contributed by atoms with Gasteiger partial charge in [0.1, 0.15) is 0 Å². The molecule has 0 bridgehead atoms. The Morgan fingerprint density at radius 3 is 1.68 bits per heavy atom. The fourth-order valence-electron chi connectivity index (χ4n) is 3.45. The molecule has 1 rings (SSSR count). The smallest absolute Gasteiger partial charge is 0.547 e. The molecule has 25 heavy (non-hydrogen) atoms. The molecule has 0 spiro atoms. The van der Waals surface area contributed by atoms with Gasteiger partial charge in [0.15, 0.2) is 0 Å². The summed E-state index contributed by atoms with van der Waals surface area (Å²) in [5, 5.41) is 2.50. The van der Waals surface area contributed by atoms with Gasteiger partial charge in [0.2, 0.25) is 0 Å². The van der Waals surface area contributed by atoms with Crippen LogP contribution in [0.25, 0.3) is 0 Å². The topological polar surface area (TPSA) is 9.23 Å². The monoisotopic (exact) mass is 360 g/mol. The maximum atomic E-state index is 6.78. The Bertz CT molecular complexity index is 549. The lowest BCUT2D eigenvalue weighted by molar-refractivity contribution is 0.507. The van der Waals surface area contributed by atoms with Crippen LogP contribution in [0.4, 0.5) is 0 Å². The van der Waals surface area contributed by atoms with E-state index in [0.29, 0.717) is 11.8 Å². The van der Waals surface area contributed by atoms with Crippen molar-refractivity contribution in [1.29, 1.82) is 0 Å². The van der Waals surface area contributed by atoms with Crippen molar-refractivity contribution in [3.8, 4) is 5.75 Å². The van der Waals surface area contributed by atoms with Gasteiger partial charge < -0.3 is 3.79 Å². The lowest BCUT2D eigenvalue weighted by Gasteiger charge is -2.30. The summed E-state index contributed by atoms with van der Waals surface area (Å²) >= 11 is -1.25. The van der Waals surface area contributed by atoms with E-state index in [1.54, 1.807) is 0 Å². The van der Waals surface area contributed by atoms with Crippen LogP contribution in [0, 0.1) is 18.8 Å². The highest BCUT2D eigenvalue weighted by Gasteiger charge is 2.29. The Hall–Kier alpha value is -0.448. The second-order valence-electron chi connectivity index (χ2n) is 10.6. The first-order valence-electron chi connectivity index (χ1n) is 10.0. The maximum Gasteiger partial charge on any atom is 0.547 e. The molecule has 0 saturated carbocycles. The third-order valence-electron chi connectivity index (χ3n) is 4.80. The summed E-state index contributed by atoms with van der Waals surface area (Å²) in [4.78, 5) is 0. The third-order valence-corrected chi connectivity index (χ3v) is 8.32. The van der Waals surface area contributed by atoms with E-state index >= 15 is 0 Å². The van der Waals surface area contributed by atoms with E-state index in [2.05, 4.69) is 88.3 Å². The lowest BCUT2D eigenvalue weighted by Crippen LogP contribution is -2.27. The fourth-order valence-corrected chi connectivity index (χ4v) is 6.54. The molecule has 0 fully saturated rings. The fraction of sp³-hybridized carbons (Fsp3) is 0.739. The summed E-state index contributed by atoms with van der Waals surface area (Å²) in [6.07, 6.45) is 0. The van der Waals surface area contributed by atoms with Crippen LogP contribution in [0.1, 0.15) is 85.9 Å². The quantitative estimate of drug-likeness (QED) is 0.485. The van der Waals surface area contributed by atoms with E-state index in [-0.39, 0.29) is 10.8 Å². The summed E-state index contributed by atoms with van der Waals surface area (Å²) in [7, 11) is 0. The van der Waals surface area contributed by atoms with E-state index in [4.69, 9.17) is 3.79 Å². The highest BCUT2D eigenvalue weighted by atomic mass is 27.2. The first-order valence-corrected chi connectivity index (χ1v) is 12.1. The summed E-state index contributed by atoms with van der Waals surface area (Å²) < 4.78 is 6.78. The van der Waals surface area contributed by atoms with Gasteiger partial charge in [-0.15, -0.1) is 0 Å². The zero-order valence-corrected chi connectivity index (χ0v) is 19.9. The molecule has 0 aromatic heterocycles. The van der Waals surface area contributed by atoms with Gasteiger partial charge in [0.25, 0.3) is 0 Å². The minimum absolute atomic E-state index is 0.136. The standard InChI is InChI=1S/C15H24O.2C4H9.Al/c1-10-12(15(5,6)7)8-11(9-13(10)16)14(2,3)4;2*1-4(2)3;/h8-9,16H,1-7H3;2*4H,1H2,2-3H3;/q;;;+1/p-1. The van der Waals surface area contributed by atoms with Crippen LogP contribution in [-0.4, -0.2) is 14.5 Å². The zero-order chi connectivity index (χ0) is 19.6. The molecule has 0 N–H and O–H groups in total. The number of benzene rings is 1. The molecule has 0 aliphatic heterocycles. The molecule has 2 heteroatoms. The van der Waals surface area contributed by atoms with Gasteiger partial charge in [-0.2, -0.15) is 0 Å². The van der Waals surface area contributed by atoms with Crippen molar-refractivity contribution in [1.82, 2.24) is 0 Å². The Morgan fingerprint density at radius 2 is 1.32 bits per heavy atom. The van der Waals surface area contributed by atoms with Crippen molar-refractivity contribution in [2.75, 3.05) is 0 Å². The SMILES string of the molecule is Cc1c([O][Al]([CH2]C(C)C)[CH2]C(C)C)cc(C(C)(C)C)cc1C(C)(C)C. The normalized spacial score (nSPS) is 12.8. The summed E-state index contributed by atoms with van der Waals surface area (Å²) in [5.74, 6) is 2.57. The molecular formula is C23H41AlO. The van der Waals surface area contributed by atoms with Crippen LogP contribution < -0.4 is 3.79 Å².